The number of rotatable bonds is 5. The van der Waals surface area contributed by atoms with Gasteiger partial charge in [-0.1, -0.05) is 18.6 Å². The van der Waals surface area contributed by atoms with Crippen molar-refractivity contribution in [2.24, 2.45) is 4.99 Å². The van der Waals surface area contributed by atoms with Gasteiger partial charge in [-0.25, -0.2) is 0 Å². The SMILES string of the molecule is CN=C(NCC(c1ccc(OC)cc1)N1CCCCC1)NC(C)(C)C. The quantitative estimate of drug-likeness (QED) is 0.635. The maximum Gasteiger partial charge on any atom is 0.191 e. The van der Waals surface area contributed by atoms with E-state index in [0.29, 0.717) is 6.04 Å². The van der Waals surface area contributed by atoms with Crippen LogP contribution in [0.4, 0.5) is 0 Å². The minimum Gasteiger partial charge on any atom is -0.497 e. The Kier molecular flexibility index (Phi) is 7.12. The van der Waals surface area contributed by atoms with E-state index in [1.807, 2.05) is 7.05 Å². The first-order valence-electron chi connectivity index (χ1n) is 9.30. The van der Waals surface area contributed by atoms with Gasteiger partial charge in [0.05, 0.1) is 13.2 Å². The molecule has 0 radical (unpaired) electrons. The number of guanidine groups is 1. The molecule has 1 saturated heterocycles. The van der Waals surface area contributed by atoms with Crippen LogP contribution in [0.15, 0.2) is 29.3 Å². The molecule has 2 N–H and O–H groups in total. The zero-order valence-electron chi connectivity index (χ0n) is 16.4. The number of piperidine rings is 1. The summed E-state index contributed by atoms with van der Waals surface area (Å²) in [5.74, 6) is 1.75. The fourth-order valence-electron chi connectivity index (χ4n) is 3.24. The molecule has 0 aliphatic carbocycles. The largest absolute Gasteiger partial charge is 0.497 e. The number of likely N-dealkylation sites (tertiary alicyclic amines) is 1. The van der Waals surface area contributed by atoms with Crippen LogP contribution in [-0.2, 0) is 0 Å². The molecular weight excluding hydrogens is 312 g/mol. The summed E-state index contributed by atoms with van der Waals surface area (Å²) in [6.45, 7) is 9.58. The summed E-state index contributed by atoms with van der Waals surface area (Å²) in [5, 5.41) is 6.95. The fourth-order valence-corrected chi connectivity index (χ4v) is 3.24. The molecule has 25 heavy (non-hydrogen) atoms. The summed E-state index contributed by atoms with van der Waals surface area (Å²) in [7, 11) is 3.53. The molecule has 0 saturated carbocycles. The number of hydrogen-bond donors (Lipinski definition) is 2. The van der Waals surface area contributed by atoms with Gasteiger partial charge in [0.15, 0.2) is 5.96 Å². The standard InChI is InChI=1S/C20H34N4O/c1-20(2,3)23-19(21-4)22-15-18(24-13-7-6-8-14-24)16-9-11-17(25-5)12-10-16/h9-12,18H,6-8,13-15H2,1-5H3,(H2,21,22,23). The Morgan fingerprint density at radius 1 is 1.16 bits per heavy atom. The number of ether oxygens (including phenoxy) is 1. The van der Waals surface area contributed by atoms with Crippen molar-refractivity contribution in [1.82, 2.24) is 15.5 Å². The average Bonchev–Trinajstić information content (AvgIpc) is 2.61. The van der Waals surface area contributed by atoms with Crippen molar-refractivity contribution >= 4 is 5.96 Å². The predicted octanol–water partition coefficient (Wildman–Crippen LogP) is 3.19. The van der Waals surface area contributed by atoms with E-state index in [-0.39, 0.29) is 5.54 Å². The monoisotopic (exact) mass is 346 g/mol. The topological polar surface area (TPSA) is 48.9 Å². The smallest absolute Gasteiger partial charge is 0.191 e. The maximum atomic E-state index is 5.31. The van der Waals surface area contributed by atoms with Gasteiger partial charge in [-0.3, -0.25) is 9.89 Å². The first-order valence-corrected chi connectivity index (χ1v) is 9.30. The number of hydrogen-bond acceptors (Lipinski definition) is 3. The molecule has 0 spiro atoms. The molecular formula is C20H34N4O. The molecule has 0 aromatic heterocycles. The Labute approximate surface area is 152 Å². The molecule has 5 nitrogen and oxygen atoms in total. The third kappa shape index (κ3) is 6.24. The fraction of sp³-hybridized carbons (Fsp3) is 0.650. The lowest BCUT2D eigenvalue weighted by Gasteiger charge is -2.35. The summed E-state index contributed by atoms with van der Waals surface area (Å²) in [4.78, 5) is 6.95. The van der Waals surface area contributed by atoms with Gasteiger partial charge in [0.1, 0.15) is 5.75 Å². The van der Waals surface area contributed by atoms with Crippen LogP contribution in [-0.4, -0.2) is 50.2 Å². The van der Waals surface area contributed by atoms with Gasteiger partial charge in [0.2, 0.25) is 0 Å². The highest BCUT2D eigenvalue weighted by Crippen LogP contribution is 2.25. The van der Waals surface area contributed by atoms with Crippen molar-refractivity contribution in [1.29, 1.82) is 0 Å². The number of aliphatic imine (C=N–C) groups is 1. The van der Waals surface area contributed by atoms with E-state index in [1.165, 1.54) is 24.8 Å². The van der Waals surface area contributed by atoms with E-state index in [4.69, 9.17) is 4.74 Å². The highest BCUT2D eigenvalue weighted by atomic mass is 16.5. The molecule has 1 aromatic rings. The van der Waals surface area contributed by atoms with Crippen LogP contribution >= 0.6 is 0 Å². The lowest BCUT2D eigenvalue weighted by atomic mass is 10.0. The molecule has 140 valence electrons. The van der Waals surface area contributed by atoms with Crippen LogP contribution in [0, 0.1) is 0 Å². The van der Waals surface area contributed by atoms with Gasteiger partial charge < -0.3 is 15.4 Å². The number of nitrogens with zero attached hydrogens (tertiary/aromatic N) is 2. The molecule has 1 aromatic carbocycles. The Hall–Kier alpha value is -1.75. The van der Waals surface area contributed by atoms with E-state index in [1.54, 1.807) is 7.11 Å². The summed E-state index contributed by atoms with van der Waals surface area (Å²) in [6, 6.07) is 8.80. The summed E-state index contributed by atoms with van der Waals surface area (Å²) in [5.41, 5.74) is 1.31. The Balaban J connectivity index is 2.10. The van der Waals surface area contributed by atoms with Crippen LogP contribution in [0.1, 0.15) is 51.6 Å². The van der Waals surface area contributed by atoms with E-state index in [9.17, 15) is 0 Å². The molecule has 1 atom stereocenters. The highest BCUT2D eigenvalue weighted by Gasteiger charge is 2.23. The van der Waals surface area contributed by atoms with Crippen LogP contribution in [0.25, 0.3) is 0 Å². The van der Waals surface area contributed by atoms with Crippen molar-refractivity contribution in [3.63, 3.8) is 0 Å². The predicted molar refractivity (Wildman–Crippen MR) is 105 cm³/mol. The second-order valence-corrected chi connectivity index (χ2v) is 7.71. The molecule has 5 heteroatoms. The van der Waals surface area contributed by atoms with Crippen LogP contribution in [0.2, 0.25) is 0 Å². The second-order valence-electron chi connectivity index (χ2n) is 7.71. The summed E-state index contributed by atoms with van der Waals surface area (Å²) >= 11 is 0. The molecule has 0 bridgehead atoms. The Morgan fingerprint density at radius 2 is 1.80 bits per heavy atom. The molecule has 2 rings (SSSR count). The maximum absolute atomic E-state index is 5.31. The van der Waals surface area contributed by atoms with Gasteiger partial charge >= 0.3 is 0 Å². The Bertz CT molecular complexity index is 542. The number of methoxy groups -OCH3 is 1. The van der Waals surface area contributed by atoms with E-state index < -0.39 is 0 Å². The van der Waals surface area contributed by atoms with Crippen LogP contribution in [0.5, 0.6) is 5.75 Å². The van der Waals surface area contributed by atoms with Gasteiger partial charge in [0, 0.05) is 19.1 Å². The van der Waals surface area contributed by atoms with Crippen LogP contribution in [0.3, 0.4) is 0 Å². The molecule has 1 aliphatic heterocycles. The lowest BCUT2D eigenvalue weighted by molar-refractivity contribution is 0.164. The molecule has 0 amide bonds. The first kappa shape index (κ1) is 19.6. The molecule has 1 unspecified atom stereocenters. The Morgan fingerprint density at radius 3 is 2.32 bits per heavy atom. The zero-order chi connectivity index (χ0) is 18.3. The van der Waals surface area contributed by atoms with E-state index in [2.05, 4.69) is 65.6 Å². The van der Waals surface area contributed by atoms with Gasteiger partial charge in [-0.2, -0.15) is 0 Å². The van der Waals surface area contributed by atoms with Gasteiger partial charge in [-0.15, -0.1) is 0 Å². The van der Waals surface area contributed by atoms with Crippen molar-refractivity contribution in [2.45, 2.75) is 51.6 Å². The third-order valence-electron chi connectivity index (χ3n) is 4.51. The minimum absolute atomic E-state index is 0.0113. The van der Waals surface area contributed by atoms with Gasteiger partial charge in [0.25, 0.3) is 0 Å². The van der Waals surface area contributed by atoms with Crippen molar-refractivity contribution in [2.75, 3.05) is 33.8 Å². The molecule has 1 aliphatic rings. The highest BCUT2D eigenvalue weighted by molar-refractivity contribution is 5.80. The third-order valence-corrected chi connectivity index (χ3v) is 4.51. The van der Waals surface area contributed by atoms with Crippen molar-refractivity contribution in [3.8, 4) is 5.75 Å². The van der Waals surface area contributed by atoms with E-state index in [0.717, 1.165) is 31.3 Å². The van der Waals surface area contributed by atoms with Crippen molar-refractivity contribution < 1.29 is 4.74 Å². The van der Waals surface area contributed by atoms with Crippen molar-refractivity contribution in [3.05, 3.63) is 29.8 Å². The van der Waals surface area contributed by atoms with E-state index >= 15 is 0 Å². The lowest BCUT2D eigenvalue weighted by Crippen LogP contribution is -2.50. The molecule has 1 fully saturated rings. The zero-order valence-corrected chi connectivity index (χ0v) is 16.4. The van der Waals surface area contributed by atoms with Crippen LogP contribution < -0.4 is 15.4 Å². The first-order chi connectivity index (χ1) is 11.9. The minimum atomic E-state index is -0.0113. The molecule has 1 heterocycles. The average molecular weight is 347 g/mol. The normalized spacial score (nSPS) is 17.9. The van der Waals surface area contributed by atoms with Gasteiger partial charge in [-0.05, 0) is 64.4 Å². The summed E-state index contributed by atoms with van der Waals surface area (Å²) in [6.07, 6.45) is 3.90. The second kappa shape index (κ2) is 9.09. The summed E-state index contributed by atoms with van der Waals surface area (Å²) < 4.78 is 5.31. The number of nitrogens with one attached hydrogen (secondary N) is 2. The number of benzene rings is 1.